The van der Waals surface area contributed by atoms with Crippen molar-refractivity contribution in [2.75, 3.05) is 13.2 Å². The van der Waals surface area contributed by atoms with E-state index in [1.54, 1.807) is 0 Å². The normalized spacial score (nSPS) is 11.1. The molecule has 0 N–H and O–H groups in total. The minimum Gasteiger partial charge on any atom is -0.490 e. The number of hydrogen-bond donors (Lipinski definition) is 0. The van der Waals surface area contributed by atoms with Crippen molar-refractivity contribution in [3.05, 3.63) is 42.0 Å². The van der Waals surface area contributed by atoms with Crippen molar-refractivity contribution in [1.82, 2.24) is 0 Å². The molecule has 0 amide bonds. The number of esters is 1. The molecular weight excluding hydrogens is 216 g/mol. The van der Waals surface area contributed by atoms with E-state index in [9.17, 15) is 4.79 Å². The highest BCUT2D eigenvalue weighted by Crippen LogP contribution is 2.07. The Labute approximate surface area is 102 Å². The molecule has 0 unspecified atom stereocenters. The average Bonchev–Trinajstić information content (AvgIpc) is 2.36. The lowest BCUT2D eigenvalue weighted by molar-refractivity contribution is -0.143. The van der Waals surface area contributed by atoms with Crippen LogP contribution in [0.3, 0.4) is 0 Å². The van der Waals surface area contributed by atoms with Crippen LogP contribution in [0.2, 0.25) is 0 Å². The van der Waals surface area contributed by atoms with Gasteiger partial charge in [-0.25, -0.2) is 0 Å². The maximum Gasteiger partial charge on any atom is 0.310 e. The maximum atomic E-state index is 11.3. The molecule has 0 aliphatic rings. The van der Waals surface area contributed by atoms with E-state index in [1.807, 2.05) is 50.3 Å². The average molecular weight is 234 g/mol. The second-order valence-electron chi connectivity index (χ2n) is 3.69. The van der Waals surface area contributed by atoms with Crippen LogP contribution in [-0.2, 0) is 9.53 Å². The third-order valence-corrected chi connectivity index (χ3v) is 2.27. The van der Waals surface area contributed by atoms with Crippen molar-refractivity contribution in [2.45, 2.75) is 20.3 Å². The molecule has 0 heterocycles. The number of benzene rings is 1. The Morgan fingerprint density at radius 3 is 2.59 bits per heavy atom. The molecular formula is C14H18O3. The zero-order chi connectivity index (χ0) is 12.5. The van der Waals surface area contributed by atoms with E-state index in [0.717, 1.165) is 11.3 Å². The molecule has 17 heavy (non-hydrogen) atoms. The van der Waals surface area contributed by atoms with Gasteiger partial charge in [0.2, 0.25) is 0 Å². The molecule has 0 radical (unpaired) electrons. The highest BCUT2D eigenvalue weighted by molar-refractivity contribution is 5.72. The highest BCUT2D eigenvalue weighted by Gasteiger charge is 2.03. The van der Waals surface area contributed by atoms with Crippen LogP contribution >= 0.6 is 0 Å². The maximum absolute atomic E-state index is 11.3. The summed E-state index contributed by atoms with van der Waals surface area (Å²) in [6.07, 6.45) is 2.25. The fourth-order valence-corrected chi connectivity index (χ4v) is 1.21. The van der Waals surface area contributed by atoms with Crippen LogP contribution in [0.4, 0.5) is 0 Å². The van der Waals surface area contributed by atoms with Crippen LogP contribution in [0, 0.1) is 0 Å². The Morgan fingerprint density at radius 1 is 1.24 bits per heavy atom. The van der Waals surface area contributed by atoms with Gasteiger partial charge in [-0.1, -0.05) is 29.8 Å². The summed E-state index contributed by atoms with van der Waals surface area (Å²) in [7, 11) is 0. The molecule has 0 bridgehead atoms. The van der Waals surface area contributed by atoms with E-state index in [-0.39, 0.29) is 12.6 Å². The van der Waals surface area contributed by atoms with Crippen molar-refractivity contribution < 1.29 is 14.3 Å². The van der Waals surface area contributed by atoms with Crippen LogP contribution in [0.5, 0.6) is 5.75 Å². The molecule has 0 spiro atoms. The van der Waals surface area contributed by atoms with Crippen molar-refractivity contribution >= 4 is 5.97 Å². The molecule has 3 nitrogen and oxygen atoms in total. The first-order valence-electron chi connectivity index (χ1n) is 5.67. The van der Waals surface area contributed by atoms with Crippen LogP contribution in [0.15, 0.2) is 42.0 Å². The molecule has 3 heteroatoms. The fraction of sp³-hybridized carbons (Fsp3) is 0.357. The lowest BCUT2D eigenvalue weighted by Crippen LogP contribution is -2.12. The smallest absolute Gasteiger partial charge is 0.310 e. The summed E-state index contributed by atoms with van der Waals surface area (Å²) in [5.41, 5.74) is 1.01. The predicted molar refractivity (Wildman–Crippen MR) is 66.9 cm³/mol. The summed E-state index contributed by atoms with van der Waals surface area (Å²) < 4.78 is 10.4. The summed E-state index contributed by atoms with van der Waals surface area (Å²) in [6, 6.07) is 9.46. The van der Waals surface area contributed by atoms with Crippen molar-refractivity contribution in [3.63, 3.8) is 0 Å². The van der Waals surface area contributed by atoms with Gasteiger partial charge in [-0.05, 0) is 26.0 Å². The first-order chi connectivity index (χ1) is 8.22. The van der Waals surface area contributed by atoms with Gasteiger partial charge in [-0.3, -0.25) is 4.79 Å². The second kappa shape index (κ2) is 7.49. The van der Waals surface area contributed by atoms with Gasteiger partial charge < -0.3 is 9.47 Å². The Bertz CT molecular complexity index is 368. The Morgan fingerprint density at radius 2 is 1.94 bits per heavy atom. The molecule has 0 aliphatic carbocycles. The summed E-state index contributed by atoms with van der Waals surface area (Å²) in [5, 5.41) is 0. The van der Waals surface area contributed by atoms with Gasteiger partial charge in [0.15, 0.2) is 0 Å². The first-order valence-corrected chi connectivity index (χ1v) is 5.67. The number of allylic oxidation sites excluding steroid dienone is 1. The zero-order valence-corrected chi connectivity index (χ0v) is 10.3. The van der Waals surface area contributed by atoms with Crippen LogP contribution in [0.25, 0.3) is 0 Å². The topological polar surface area (TPSA) is 35.5 Å². The van der Waals surface area contributed by atoms with Gasteiger partial charge in [-0.2, -0.15) is 0 Å². The zero-order valence-electron chi connectivity index (χ0n) is 10.3. The van der Waals surface area contributed by atoms with E-state index in [1.165, 1.54) is 0 Å². The third-order valence-electron chi connectivity index (χ3n) is 2.27. The van der Waals surface area contributed by atoms with E-state index in [4.69, 9.17) is 9.47 Å². The molecule has 1 rings (SSSR count). The molecule has 0 aliphatic heterocycles. The minimum absolute atomic E-state index is 0.211. The molecule has 0 saturated heterocycles. The van der Waals surface area contributed by atoms with Crippen LogP contribution in [-0.4, -0.2) is 19.2 Å². The monoisotopic (exact) mass is 234 g/mol. The second-order valence-corrected chi connectivity index (χ2v) is 3.69. The fourth-order valence-electron chi connectivity index (χ4n) is 1.21. The first kappa shape index (κ1) is 13.3. The molecule has 0 aromatic heterocycles. The Hall–Kier alpha value is -1.77. The number of ether oxygens (including phenoxy) is 2. The third kappa shape index (κ3) is 5.76. The molecule has 0 atom stereocenters. The number of rotatable bonds is 6. The van der Waals surface area contributed by atoms with E-state index in [2.05, 4.69) is 0 Å². The van der Waals surface area contributed by atoms with Crippen LogP contribution < -0.4 is 4.74 Å². The lowest BCUT2D eigenvalue weighted by atomic mass is 10.2. The standard InChI is InChI=1S/C14H18O3/c1-3-12(2)11-14(15)17-10-9-16-13-7-5-4-6-8-13/h3-8H,9-11H2,1-2H3/b12-3+. The van der Waals surface area contributed by atoms with Gasteiger partial charge in [0, 0.05) is 0 Å². The summed E-state index contributed by atoms with van der Waals surface area (Å²) >= 11 is 0. The van der Waals surface area contributed by atoms with Crippen molar-refractivity contribution in [2.24, 2.45) is 0 Å². The van der Waals surface area contributed by atoms with Gasteiger partial charge in [0.1, 0.15) is 19.0 Å². The van der Waals surface area contributed by atoms with Gasteiger partial charge in [0.25, 0.3) is 0 Å². The number of carbonyl (C=O) groups is 1. The molecule has 1 aromatic carbocycles. The van der Waals surface area contributed by atoms with Crippen molar-refractivity contribution in [3.8, 4) is 5.75 Å². The number of hydrogen-bond acceptors (Lipinski definition) is 3. The number of carbonyl (C=O) groups excluding carboxylic acids is 1. The molecule has 0 fully saturated rings. The van der Waals surface area contributed by atoms with Gasteiger partial charge >= 0.3 is 5.97 Å². The van der Waals surface area contributed by atoms with Gasteiger partial charge in [0.05, 0.1) is 6.42 Å². The lowest BCUT2D eigenvalue weighted by Gasteiger charge is -2.07. The van der Waals surface area contributed by atoms with E-state index < -0.39 is 0 Å². The summed E-state index contributed by atoms with van der Waals surface area (Å²) in [5.74, 6) is 0.574. The summed E-state index contributed by atoms with van der Waals surface area (Å²) in [6.45, 7) is 4.47. The molecule has 92 valence electrons. The molecule has 0 saturated carbocycles. The minimum atomic E-state index is -0.211. The largest absolute Gasteiger partial charge is 0.490 e. The SMILES string of the molecule is C/C=C(\C)CC(=O)OCCOc1ccccc1. The van der Waals surface area contributed by atoms with Crippen molar-refractivity contribution in [1.29, 1.82) is 0 Å². The molecule has 1 aromatic rings. The Kier molecular flexibility index (Phi) is 5.86. The Balaban J connectivity index is 2.14. The van der Waals surface area contributed by atoms with E-state index in [0.29, 0.717) is 13.0 Å². The number of para-hydroxylation sites is 1. The quantitative estimate of drug-likeness (QED) is 0.431. The van der Waals surface area contributed by atoms with Gasteiger partial charge in [-0.15, -0.1) is 0 Å². The predicted octanol–water partition coefficient (Wildman–Crippen LogP) is 2.96. The summed E-state index contributed by atoms with van der Waals surface area (Å²) in [4.78, 5) is 11.3. The highest BCUT2D eigenvalue weighted by atomic mass is 16.6. The van der Waals surface area contributed by atoms with E-state index >= 15 is 0 Å². The van der Waals surface area contributed by atoms with Crippen LogP contribution in [0.1, 0.15) is 20.3 Å².